The van der Waals surface area contributed by atoms with Crippen LogP contribution in [0, 0.1) is 0 Å². The van der Waals surface area contributed by atoms with Crippen molar-refractivity contribution in [3.8, 4) is 5.75 Å². The van der Waals surface area contributed by atoms with Crippen molar-refractivity contribution in [1.82, 2.24) is 5.32 Å². The van der Waals surface area contributed by atoms with Crippen LogP contribution in [0.1, 0.15) is 6.42 Å². The van der Waals surface area contributed by atoms with E-state index in [0.717, 1.165) is 4.90 Å². The van der Waals surface area contributed by atoms with E-state index in [1.807, 2.05) is 0 Å². The van der Waals surface area contributed by atoms with E-state index in [2.05, 4.69) is 5.32 Å². The zero-order chi connectivity index (χ0) is 16.3. The molecule has 1 aromatic carbocycles. The summed E-state index contributed by atoms with van der Waals surface area (Å²) in [7, 11) is 0. The summed E-state index contributed by atoms with van der Waals surface area (Å²) >= 11 is 0.693. The molecule has 3 amide bonds. The SMILES string of the molecule is O=C(O)CNC(=O)CC1SC(=O)N(c2cccc(O)c2)C1=O. The molecule has 1 aromatic rings. The lowest BCUT2D eigenvalue weighted by molar-refractivity contribution is -0.137. The number of hydrogen-bond donors (Lipinski definition) is 3. The van der Waals surface area contributed by atoms with Crippen LogP contribution in [-0.2, 0) is 14.4 Å². The van der Waals surface area contributed by atoms with Gasteiger partial charge in [-0.15, -0.1) is 0 Å². The number of benzene rings is 1. The summed E-state index contributed by atoms with van der Waals surface area (Å²) in [5.74, 6) is -2.49. The Balaban J connectivity index is 2.06. The molecule has 1 unspecified atom stereocenters. The predicted molar refractivity (Wildman–Crippen MR) is 77.6 cm³/mol. The molecule has 8 nitrogen and oxygen atoms in total. The number of anilines is 1. The Kier molecular flexibility index (Phi) is 4.66. The molecule has 1 aliphatic rings. The summed E-state index contributed by atoms with van der Waals surface area (Å²) in [4.78, 5) is 46.9. The number of rotatable bonds is 5. The highest BCUT2D eigenvalue weighted by molar-refractivity contribution is 8.15. The summed E-state index contributed by atoms with van der Waals surface area (Å²) in [6.45, 7) is -0.547. The first-order valence-electron chi connectivity index (χ1n) is 6.20. The van der Waals surface area contributed by atoms with E-state index >= 15 is 0 Å². The Morgan fingerprint density at radius 3 is 2.68 bits per heavy atom. The number of imide groups is 1. The fourth-order valence-corrected chi connectivity index (χ4v) is 2.85. The van der Waals surface area contributed by atoms with Gasteiger partial charge in [0.1, 0.15) is 17.5 Å². The lowest BCUT2D eigenvalue weighted by Gasteiger charge is -2.13. The average Bonchev–Trinajstić information content (AvgIpc) is 2.71. The molecular formula is C13H12N2O6S. The van der Waals surface area contributed by atoms with Gasteiger partial charge in [0, 0.05) is 12.5 Å². The molecule has 1 aliphatic heterocycles. The summed E-state index contributed by atoms with van der Waals surface area (Å²) in [6, 6.07) is 5.65. The van der Waals surface area contributed by atoms with E-state index in [9.17, 15) is 24.3 Å². The maximum absolute atomic E-state index is 12.2. The van der Waals surface area contributed by atoms with Gasteiger partial charge in [-0.3, -0.25) is 19.2 Å². The Labute approximate surface area is 129 Å². The van der Waals surface area contributed by atoms with Crippen LogP contribution in [0.2, 0.25) is 0 Å². The van der Waals surface area contributed by atoms with Crippen molar-refractivity contribution in [2.75, 3.05) is 11.4 Å². The Morgan fingerprint density at radius 2 is 2.05 bits per heavy atom. The third-order valence-corrected chi connectivity index (χ3v) is 3.85. The number of hydrogen-bond acceptors (Lipinski definition) is 6. The third kappa shape index (κ3) is 3.55. The second-order valence-electron chi connectivity index (χ2n) is 4.44. The number of aliphatic carboxylic acids is 1. The molecule has 116 valence electrons. The van der Waals surface area contributed by atoms with E-state index in [-0.39, 0.29) is 17.9 Å². The van der Waals surface area contributed by atoms with Crippen molar-refractivity contribution >= 4 is 40.5 Å². The number of amides is 3. The molecule has 0 radical (unpaired) electrons. The van der Waals surface area contributed by atoms with Crippen LogP contribution >= 0.6 is 11.8 Å². The Bertz CT molecular complexity index is 647. The van der Waals surface area contributed by atoms with Crippen LogP contribution in [-0.4, -0.2) is 45.0 Å². The predicted octanol–water partition coefficient (Wildman–Crippen LogP) is 0.552. The van der Waals surface area contributed by atoms with Crippen LogP contribution in [0.3, 0.4) is 0 Å². The maximum atomic E-state index is 12.2. The number of phenolic OH excluding ortho intramolecular Hbond substituents is 1. The fraction of sp³-hybridized carbons (Fsp3) is 0.231. The minimum atomic E-state index is -1.20. The van der Waals surface area contributed by atoms with Crippen molar-refractivity contribution in [2.24, 2.45) is 0 Å². The Hall–Kier alpha value is -2.55. The number of aromatic hydroxyl groups is 1. The minimum Gasteiger partial charge on any atom is -0.508 e. The molecule has 1 heterocycles. The molecule has 0 bridgehead atoms. The van der Waals surface area contributed by atoms with Crippen LogP contribution in [0.15, 0.2) is 24.3 Å². The van der Waals surface area contributed by atoms with Crippen molar-refractivity contribution in [3.05, 3.63) is 24.3 Å². The molecule has 1 saturated heterocycles. The molecule has 1 fully saturated rings. The zero-order valence-electron chi connectivity index (χ0n) is 11.2. The van der Waals surface area contributed by atoms with Gasteiger partial charge in [-0.2, -0.15) is 0 Å². The largest absolute Gasteiger partial charge is 0.508 e. The van der Waals surface area contributed by atoms with Gasteiger partial charge in [-0.1, -0.05) is 6.07 Å². The molecule has 1 atom stereocenters. The highest BCUT2D eigenvalue weighted by atomic mass is 32.2. The van der Waals surface area contributed by atoms with Crippen LogP contribution in [0.4, 0.5) is 10.5 Å². The third-order valence-electron chi connectivity index (χ3n) is 2.82. The standard InChI is InChI=1S/C13H12N2O6S/c16-8-3-1-2-7(4-8)15-12(20)9(22-13(15)21)5-10(17)14-6-11(18)19/h1-4,9,16H,5-6H2,(H,14,17)(H,18,19). The van der Waals surface area contributed by atoms with Crippen LogP contribution in [0.5, 0.6) is 5.75 Å². The summed E-state index contributed by atoms with van der Waals surface area (Å²) in [5, 5.41) is 18.5. The maximum Gasteiger partial charge on any atom is 0.322 e. The summed E-state index contributed by atoms with van der Waals surface area (Å²) in [5.41, 5.74) is 0.218. The highest BCUT2D eigenvalue weighted by Crippen LogP contribution is 2.34. The van der Waals surface area contributed by atoms with Gasteiger partial charge < -0.3 is 15.5 Å². The molecule has 3 N–H and O–H groups in total. The lowest BCUT2D eigenvalue weighted by atomic mass is 10.2. The lowest BCUT2D eigenvalue weighted by Crippen LogP contribution is -2.35. The molecule has 9 heteroatoms. The van der Waals surface area contributed by atoms with E-state index in [4.69, 9.17) is 5.11 Å². The van der Waals surface area contributed by atoms with Gasteiger partial charge in [-0.25, -0.2) is 4.90 Å². The van der Waals surface area contributed by atoms with Gasteiger partial charge in [0.25, 0.3) is 5.24 Å². The molecule has 22 heavy (non-hydrogen) atoms. The number of carboxylic acid groups (broad SMARTS) is 1. The van der Waals surface area contributed by atoms with Gasteiger partial charge in [0.2, 0.25) is 11.8 Å². The number of nitrogens with zero attached hydrogens (tertiary/aromatic N) is 1. The van der Waals surface area contributed by atoms with Gasteiger partial charge in [0.05, 0.1) is 5.69 Å². The molecular weight excluding hydrogens is 312 g/mol. The normalized spacial score (nSPS) is 17.6. The van der Waals surface area contributed by atoms with Crippen molar-refractivity contribution in [2.45, 2.75) is 11.7 Å². The van der Waals surface area contributed by atoms with Crippen molar-refractivity contribution in [3.63, 3.8) is 0 Å². The summed E-state index contributed by atoms with van der Waals surface area (Å²) in [6.07, 6.45) is -0.294. The van der Waals surface area contributed by atoms with Crippen LogP contribution in [0.25, 0.3) is 0 Å². The van der Waals surface area contributed by atoms with E-state index in [0.29, 0.717) is 11.8 Å². The first kappa shape index (κ1) is 15.8. The monoisotopic (exact) mass is 324 g/mol. The molecule has 0 aromatic heterocycles. The first-order valence-corrected chi connectivity index (χ1v) is 7.08. The number of carbonyl (C=O) groups excluding carboxylic acids is 3. The van der Waals surface area contributed by atoms with E-state index in [1.54, 1.807) is 0 Å². The number of phenols is 1. The number of nitrogens with one attached hydrogen (secondary N) is 1. The number of thioether (sulfide) groups is 1. The van der Waals surface area contributed by atoms with E-state index < -0.39 is 34.8 Å². The fourth-order valence-electron chi connectivity index (χ4n) is 1.87. The van der Waals surface area contributed by atoms with Gasteiger partial charge in [0.15, 0.2) is 0 Å². The second-order valence-corrected chi connectivity index (χ2v) is 5.59. The molecule has 0 spiro atoms. The molecule has 2 rings (SSSR count). The van der Waals surface area contributed by atoms with Crippen molar-refractivity contribution < 1.29 is 29.4 Å². The minimum absolute atomic E-state index is 0.0919. The number of carboxylic acids is 1. The van der Waals surface area contributed by atoms with E-state index in [1.165, 1.54) is 24.3 Å². The topological polar surface area (TPSA) is 124 Å². The average molecular weight is 324 g/mol. The van der Waals surface area contributed by atoms with Gasteiger partial charge >= 0.3 is 5.97 Å². The number of carbonyl (C=O) groups is 4. The van der Waals surface area contributed by atoms with Crippen LogP contribution < -0.4 is 10.2 Å². The van der Waals surface area contributed by atoms with Crippen molar-refractivity contribution in [1.29, 1.82) is 0 Å². The quantitative estimate of drug-likeness (QED) is 0.722. The van der Waals surface area contributed by atoms with Gasteiger partial charge in [-0.05, 0) is 23.9 Å². The summed E-state index contributed by atoms with van der Waals surface area (Å²) < 4.78 is 0. The zero-order valence-corrected chi connectivity index (χ0v) is 12.0. The smallest absolute Gasteiger partial charge is 0.322 e. The highest BCUT2D eigenvalue weighted by Gasteiger charge is 2.41. The first-order chi connectivity index (χ1) is 10.4. The Morgan fingerprint density at radius 1 is 1.32 bits per heavy atom. The molecule has 0 saturated carbocycles. The molecule has 0 aliphatic carbocycles. The second kappa shape index (κ2) is 6.48.